The van der Waals surface area contributed by atoms with Gasteiger partial charge in [-0.15, -0.1) is 10.2 Å². The van der Waals surface area contributed by atoms with Crippen molar-refractivity contribution in [2.45, 2.75) is 44.7 Å². The predicted octanol–water partition coefficient (Wildman–Crippen LogP) is 1.45. The average Bonchev–Trinajstić information content (AvgIpc) is 3.02. The van der Waals surface area contributed by atoms with Crippen LogP contribution in [0.25, 0.3) is 0 Å². The lowest BCUT2D eigenvalue weighted by Gasteiger charge is -2.31. The fourth-order valence-corrected chi connectivity index (χ4v) is 3.05. The van der Waals surface area contributed by atoms with Gasteiger partial charge in [-0.25, -0.2) is 4.98 Å². The molecule has 1 aliphatic heterocycles. The van der Waals surface area contributed by atoms with E-state index in [0.717, 1.165) is 38.0 Å². The van der Waals surface area contributed by atoms with E-state index in [1.54, 1.807) is 12.7 Å². The van der Waals surface area contributed by atoms with Crippen molar-refractivity contribution in [3.05, 3.63) is 24.4 Å². The Kier molecular flexibility index (Phi) is 3.42. The summed E-state index contributed by atoms with van der Waals surface area (Å²) < 4.78 is 7.68. The van der Waals surface area contributed by atoms with Gasteiger partial charge in [-0.05, 0) is 38.1 Å². The van der Waals surface area contributed by atoms with Crippen molar-refractivity contribution in [3.8, 4) is 0 Å². The molecule has 1 saturated heterocycles. The zero-order valence-corrected chi connectivity index (χ0v) is 12.1. The van der Waals surface area contributed by atoms with Crippen LogP contribution in [0, 0.1) is 5.92 Å². The van der Waals surface area contributed by atoms with E-state index in [2.05, 4.69) is 25.2 Å². The number of piperidine rings is 1. The SMILES string of the molecule is c1ncn(C[C@H]2CCCN(Cc3nnc(C4CC4)o3)C2)n1. The molecule has 4 rings (SSSR count). The molecule has 0 unspecified atom stereocenters. The topological polar surface area (TPSA) is 72.9 Å². The summed E-state index contributed by atoms with van der Waals surface area (Å²) in [5.41, 5.74) is 0. The standard InChI is InChI=1S/C14H20N6O/c1-2-11(7-20-10-15-9-16-20)6-19(5-1)8-13-17-18-14(21-13)12-3-4-12/h9-12H,1-8H2/t11-/m0/s1. The highest BCUT2D eigenvalue weighted by atomic mass is 16.4. The Labute approximate surface area is 123 Å². The molecular formula is C14H20N6O. The number of hydrogen-bond acceptors (Lipinski definition) is 6. The first-order valence-electron chi connectivity index (χ1n) is 7.74. The molecule has 0 aromatic carbocycles. The molecule has 21 heavy (non-hydrogen) atoms. The van der Waals surface area contributed by atoms with E-state index >= 15 is 0 Å². The second-order valence-corrected chi connectivity index (χ2v) is 6.17. The zero-order chi connectivity index (χ0) is 14.1. The van der Waals surface area contributed by atoms with Crippen LogP contribution >= 0.6 is 0 Å². The first-order valence-corrected chi connectivity index (χ1v) is 7.74. The van der Waals surface area contributed by atoms with Crippen LogP contribution in [0.4, 0.5) is 0 Å². The summed E-state index contributed by atoms with van der Waals surface area (Å²) in [6, 6.07) is 0. The van der Waals surface area contributed by atoms with Gasteiger partial charge in [-0.1, -0.05) is 0 Å². The van der Waals surface area contributed by atoms with Crippen LogP contribution in [-0.4, -0.2) is 43.0 Å². The second kappa shape index (κ2) is 5.55. The molecule has 2 aromatic heterocycles. The Morgan fingerprint density at radius 3 is 3.00 bits per heavy atom. The Balaban J connectivity index is 1.33. The van der Waals surface area contributed by atoms with Crippen LogP contribution in [0.1, 0.15) is 43.4 Å². The monoisotopic (exact) mass is 288 g/mol. The molecule has 1 saturated carbocycles. The summed E-state index contributed by atoms with van der Waals surface area (Å²) in [7, 11) is 0. The van der Waals surface area contributed by atoms with E-state index in [4.69, 9.17) is 4.42 Å². The van der Waals surface area contributed by atoms with E-state index in [9.17, 15) is 0 Å². The molecule has 7 nitrogen and oxygen atoms in total. The molecule has 0 spiro atoms. The Morgan fingerprint density at radius 2 is 2.19 bits per heavy atom. The molecule has 1 atom stereocenters. The molecule has 0 N–H and O–H groups in total. The van der Waals surface area contributed by atoms with Crippen LogP contribution in [0.15, 0.2) is 17.1 Å². The van der Waals surface area contributed by atoms with E-state index in [1.165, 1.54) is 25.7 Å². The quantitative estimate of drug-likeness (QED) is 0.829. The summed E-state index contributed by atoms with van der Waals surface area (Å²) in [5.74, 6) is 2.75. The van der Waals surface area contributed by atoms with Gasteiger partial charge < -0.3 is 4.42 Å². The smallest absolute Gasteiger partial charge is 0.230 e. The van der Waals surface area contributed by atoms with E-state index in [1.807, 2.05) is 4.68 Å². The fourth-order valence-electron chi connectivity index (χ4n) is 3.05. The van der Waals surface area contributed by atoms with Crippen molar-refractivity contribution in [1.29, 1.82) is 0 Å². The second-order valence-electron chi connectivity index (χ2n) is 6.17. The van der Waals surface area contributed by atoms with Gasteiger partial charge in [0.15, 0.2) is 0 Å². The minimum absolute atomic E-state index is 0.535. The summed E-state index contributed by atoms with van der Waals surface area (Å²) in [6.07, 6.45) is 8.24. The molecule has 112 valence electrons. The molecule has 2 fully saturated rings. The van der Waals surface area contributed by atoms with Crippen LogP contribution in [0.5, 0.6) is 0 Å². The lowest BCUT2D eigenvalue weighted by molar-refractivity contribution is 0.141. The van der Waals surface area contributed by atoms with Gasteiger partial charge in [0.2, 0.25) is 11.8 Å². The van der Waals surface area contributed by atoms with E-state index in [0.29, 0.717) is 11.8 Å². The number of hydrogen-bond donors (Lipinski definition) is 0. The third-order valence-electron chi connectivity index (χ3n) is 4.28. The molecular weight excluding hydrogens is 268 g/mol. The highest BCUT2D eigenvalue weighted by Gasteiger charge is 2.30. The molecule has 1 aliphatic carbocycles. The molecule has 7 heteroatoms. The van der Waals surface area contributed by atoms with Crippen LogP contribution in [0.3, 0.4) is 0 Å². The van der Waals surface area contributed by atoms with Gasteiger partial charge in [-0.2, -0.15) is 5.10 Å². The van der Waals surface area contributed by atoms with Gasteiger partial charge >= 0.3 is 0 Å². The highest BCUT2D eigenvalue weighted by molar-refractivity contribution is 5.00. The number of rotatable bonds is 5. The summed E-state index contributed by atoms with van der Waals surface area (Å²) >= 11 is 0. The normalized spacial score (nSPS) is 23.5. The zero-order valence-electron chi connectivity index (χ0n) is 12.1. The molecule has 0 radical (unpaired) electrons. The van der Waals surface area contributed by atoms with Gasteiger partial charge in [0, 0.05) is 19.0 Å². The van der Waals surface area contributed by atoms with Crippen LogP contribution in [-0.2, 0) is 13.1 Å². The van der Waals surface area contributed by atoms with Crippen molar-refractivity contribution in [3.63, 3.8) is 0 Å². The summed E-state index contributed by atoms with van der Waals surface area (Å²) in [5, 5.41) is 12.5. The lowest BCUT2D eigenvalue weighted by atomic mass is 9.98. The molecule has 2 aromatic rings. The van der Waals surface area contributed by atoms with E-state index in [-0.39, 0.29) is 0 Å². The third kappa shape index (κ3) is 3.12. The molecule has 0 bridgehead atoms. The van der Waals surface area contributed by atoms with Crippen molar-refractivity contribution >= 4 is 0 Å². The fraction of sp³-hybridized carbons (Fsp3) is 0.714. The van der Waals surface area contributed by atoms with Crippen molar-refractivity contribution in [2.75, 3.05) is 13.1 Å². The molecule has 0 amide bonds. The minimum atomic E-state index is 0.535. The van der Waals surface area contributed by atoms with Crippen molar-refractivity contribution < 1.29 is 4.42 Å². The third-order valence-corrected chi connectivity index (χ3v) is 4.28. The van der Waals surface area contributed by atoms with E-state index < -0.39 is 0 Å². The largest absolute Gasteiger partial charge is 0.424 e. The Bertz CT molecular complexity index is 576. The molecule has 2 aliphatic rings. The minimum Gasteiger partial charge on any atom is -0.424 e. The first-order chi connectivity index (χ1) is 10.4. The maximum Gasteiger partial charge on any atom is 0.230 e. The lowest BCUT2D eigenvalue weighted by Crippen LogP contribution is -2.36. The number of nitrogens with zero attached hydrogens (tertiary/aromatic N) is 6. The summed E-state index contributed by atoms with van der Waals surface area (Å²) in [4.78, 5) is 6.42. The van der Waals surface area contributed by atoms with Gasteiger partial charge in [0.25, 0.3) is 0 Å². The van der Waals surface area contributed by atoms with Crippen molar-refractivity contribution in [2.24, 2.45) is 5.92 Å². The van der Waals surface area contributed by atoms with Crippen LogP contribution < -0.4 is 0 Å². The predicted molar refractivity (Wildman–Crippen MR) is 74.3 cm³/mol. The summed E-state index contributed by atoms with van der Waals surface area (Å²) in [6.45, 7) is 3.87. The van der Waals surface area contributed by atoms with Gasteiger partial charge in [-0.3, -0.25) is 9.58 Å². The van der Waals surface area contributed by atoms with Crippen molar-refractivity contribution in [1.82, 2.24) is 29.9 Å². The maximum absolute atomic E-state index is 5.76. The maximum atomic E-state index is 5.76. The molecule has 3 heterocycles. The highest BCUT2D eigenvalue weighted by Crippen LogP contribution is 2.39. The number of likely N-dealkylation sites (tertiary alicyclic amines) is 1. The van der Waals surface area contributed by atoms with Crippen LogP contribution in [0.2, 0.25) is 0 Å². The number of aromatic nitrogens is 5. The van der Waals surface area contributed by atoms with Gasteiger partial charge in [0.1, 0.15) is 12.7 Å². The average molecular weight is 288 g/mol. The Morgan fingerprint density at radius 1 is 1.24 bits per heavy atom. The Hall–Kier alpha value is -1.76. The van der Waals surface area contributed by atoms with Gasteiger partial charge in [0.05, 0.1) is 6.54 Å². The first kappa shape index (κ1) is 12.9.